The molecule has 4 N–H and O–H groups in total. The summed E-state index contributed by atoms with van der Waals surface area (Å²) in [5.74, 6) is -0.149. The first-order chi connectivity index (χ1) is 23.4. The van der Waals surface area contributed by atoms with Gasteiger partial charge >= 0.3 is 6.09 Å². The third-order valence-corrected chi connectivity index (χ3v) is 10.8. The van der Waals surface area contributed by atoms with Crippen LogP contribution in [0.3, 0.4) is 0 Å². The van der Waals surface area contributed by atoms with Crippen LogP contribution < -0.4 is 10.6 Å². The summed E-state index contributed by atoms with van der Waals surface area (Å²) in [6.45, 7) is 11.1. The van der Waals surface area contributed by atoms with Crippen LogP contribution in [0.15, 0.2) is 95.9 Å². The average Bonchev–Trinajstić information content (AvgIpc) is 3.58. The molecule has 1 aromatic heterocycles. The monoisotopic (exact) mass is 713 g/mol. The third-order valence-electron chi connectivity index (χ3n) is 7.53. The minimum atomic E-state index is -3.96. The summed E-state index contributed by atoms with van der Waals surface area (Å²) < 4.78 is 33.1. The van der Waals surface area contributed by atoms with Gasteiger partial charge in [0, 0.05) is 16.3 Å². The van der Waals surface area contributed by atoms with E-state index in [1.54, 1.807) is 18.2 Å². The van der Waals surface area contributed by atoms with Crippen molar-refractivity contribution in [1.29, 1.82) is 0 Å². The Hall–Kier alpha value is -3.81. The zero-order valence-corrected chi connectivity index (χ0v) is 30.7. The van der Waals surface area contributed by atoms with E-state index in [1.807, 2.05) is 45.1 Å². The van der Waals surface area contributed by atoms with Gasteiger partial charge in [0.05, 0.1) is 37.3 Å². The van der Waals surface area contributed by atoms with Crippen molar-refractivity contribution in [1.82, 2.24) is 14.9 Å². The van der Waals surface area contributed by atoms with E-state index in [4.69, 9.17) is 0 Å². The van der Waals surface area contributed by atoms with Crippen molar-refractivity contribution in [2.45, 2.75) is 70.5 Å². The summed E-state index contributed by atoms with van der Waals surface area (Å²) in [5, 5.41) is 24.8. The van der Waals surface area contributed by atoms with Crippen LogP contribution in [0.25, 0.3) is 0 Å². The average molecular weight is 714 g/mol. The molecule has 49 heavy (non-hydrogen) atoms. The van der Waals surface area contributed by atoms with Crippen molar-refractivity contribution >= 4 is 33.4 Å². The molecular weight excluding hydrogens is 663 g/mol. The van der Waals surface area contributed by atoms with Gasteiger partial charge in [-0.25, -0.2) is 13.2 Å². The number of thiophene rings is 1. The van der Waals surface area contributed by atoms with E-state index in [1.165, 1.54) is 46.0 Å². The van der Waals surface area contributed by atoms with Crippen molar-refractivity contribution in [2.75, 3.05) is 26.8 Å². The maximum absolute atomic E-state index is 13.7. The number of hydrogen-bond donors (Lipinski definition) is 4. The molecule has 0 radical (unpaired) electrons. The summed E-state index contributed by atoms with van der Waals surface area (Å²) in [4.78, 5) is 25.0. The quantitative estimate of drug-likeness (QED) is 0.120. The number of aliphatic hydroxyl groups is 2. The highest BCUT2D eigenvalue weighted by molar-refractivity contribution is 7.89. The highest BCUT2D eigenvalue weighted by Gasteiger charge is 2.33. The summed E-state index contributed by atoms with van der Waals surface area (Å²) >= 11 is 1.32. The smallest absolute Gasteiger partial charge is 0.407 e. The van der Waals surface area contributed by atoms with E-state index in [2.05, 4.69) is 53.1 Å². The number of carbonyl (C=O) groups is 2. The van der Waals surface area contributed by atoms with Crippen LogP contribution in [0, 0.1) is 5.92 Å². The van der Waals surface area contributed by atoms with Crippen molar-refractivity contribution in [3.8, 4) is 0 Å². The van der Waals surface area contributed by atoms with Crippen LogP contribution in [-0.2, 0) is 32.6 Å². The molecule has 0 saturated heterocycles. The Kier molecular flexibility index (Phi) is 18.0. The first-order valence-electron chi connectivity index (χ1n) is 16.2. The summed E-state index contributed by atoms with van der Waals surface area (Å²) in [5.41, 5.74) is 3.30. The number of hydrogen-bond acceptors (Lipinski definition) is 8. The number of nitrogens with zero attached hydrogens (tertiary/aromatic N) is 1. The molecule has 2 aromatic carbocycles. The van der Waals surface area contributed by atoms with Gasteiger partial charge in [-0.1, -0.05) is 87.5 Å². The minimum absolute atomic E-state index is 0.0838. The van der Waals surface area contributed by atoms with E-state index < -0.39 is 34.7 Å². The van der Waals surface area contributed by atoms with E-state index in [-0.39, 0.29) is 36.6 Å². The summed E-state index contributed by atoms with van der Waals surface area (Å²) in [6, 6.07) is 18.9. The van der Waals surface area contributed by atoms with Crippen LogP contribution in [0.2, 0.25) is 0 Å². The number of alkyl carbamates (subject to hydrolysis) is 1. The molecule has 3 rings (SSSR count). The van der Waals surface area contributed by atoms with Gasteiger partial charge in [0.1, 0.15) is 6.54 Å². The number of aliphatic hydroxyl groups excluding tert-OH is 2. The third kappa shape index (κ3) is 13.6. The summed E-state index contributed by atoms with van der Waals surface area (Å²) in [7, 11) is -2.75. The molecule has 12 heteroatoms. The van der Waals surface area contributed by atoms with Crippen LogP contribution in [0.1, 0.15) is 73.5 Å². The van der Waals surface area contributed by atoms with Gasteiger partial charge < -0.3 is 25.6 Å². The number of sulfonamides is 1. The molecule has 10 nitrogen and oxygen atoms in total. The van der Waals surface area contributed by atoms with E-state index in [0.29, 0.717) is 23.3 Å². The highest BCUT2D eigenvalue weighted by Crippen LogP contribution is 2.35. The number of amides is 2. The second-order valence-corrected chi connectivity index (χ2v) is 14.9. The van der Waals surface area contributed by atoms with Gasteiger partial charge in [0.15, 0.2) is 0 Å². The maximum Gasteiger partial charge on any atom is 0.407 e. The topological polar surface area (TPSA) is 145 Å². The second-order valence-electron chi connectivity index (χ2n) is 11.8. The van der Waals surface area contributed by atoms with Gasteiger partial charge in [-0.15, -0.1) is 11.3 Å². The number of benzene rings is 2. The van der Waals surface area contributed by atoms with Crippen LogP contribution in [-0.4, -0.2) is 61.7 Å². The number of ether oxygens (including phenoxy) is 1. The van der Waals surface area contributed by atoms with Crippen molar-refractivity contribution in [3.63, 3.8) is 0 Å². The SMILES string of the molecule is C=C/C=C(\C)Cc1ccccc1.CCC(NC(=O)CNC(=O)OC)c1ccc(C(CO)N(CCC(C)C)S(=O)(=O)c2ccc(CO)cc2)s1. The van der Waals surface area contributed by atoms with Gasteiger partial charge in [-0.2, -0.15) is 4.31 Å². The Labute approximate surface area is 295 Å². The van der Waals surface area contributed by atoms with Gasteiger partial charge in [0.25, 0.3) is 0 Å². The number of allylic oxidation sites excluding steroid dienone is 3. The van der Waals surface area contributed by atoms with Gasteiger partial charge in [-0.3, -0.25) is 4.79 Å². The fraction of sp³-hybridized carbons (Fsp3) is 0.405. The molecule has 1 heterocycles. The van der Waals surface area contributed by atoms with Crippen molar-refractivity contribution < 1.29 is 33.0 Å². The Balaban J connectivity index is 0.000000582. The van der Waals surface area contributed by atoms with Crippen LogP contribution in [0.5, 0.6) is 0 Å². The fourth-order valence-electron chi connectivity index (χ4n) is 4.81. The first-order valence-corrected chi connectivity index (χ1v) is 18.5. The van der Waals surface area contributed by atoms with Gasteiger partial charge in [0.2, 0.25) is 15.9 Å². The van der Waals surface area contributed by atoms with E-state index in [9.17, 15) is 28.2 Å². The predicted molar refractivity (Wildman–Crippen MR) is 196 cm³/mol. The lowest BCUT2D eigenvalue weighted by molar-refractivity contribution is -0.120. The Morgan fingerprint density at radius 2 is 1.65 bits per heavy atom. The normalized spacial score (nSPS) is 12.9. The molecular formula is C37H51N3O7S2. The molecule has 2 atom stereocenters. The zero-order chi connectivity index (χ0) is 36.4. The van der Waals surface area contributed by atoms with Crippen molar-refractivity contribution in [2.24, 2.45) is 5.92 Å². The lowest BCUT2D eigenvalue weighted by Gasteiger charge is -2.30. The molecule has 0 aliphatic carbocycles. The highest BCUT2D eigenvalue weighted by atomic mass is 32.2. The molecule has 0 spiro atoms. The molecule has 3 aromatic rings. The molecule has 0 fully saturated rings. The standard InChI is InChI=1S/C25H37N3O7S2.C12H14/c1-5-20(27-24(31)14-26-25(32)35-4)22-10-11-23(36-22)21(16-30)28(13-12-17(2)3)37(33,34)19-8-6-18(15-29)7-9-19;1-3-7-11(2)10-12-8-5-4-6-9-12/h6-11,17,20-21,29-30H,5,12-16H2,1-4H3,(H,26,32)(H,27,31);3-9H,1,10H2,2H3/b;11-7+. The Morgan fingerprint density at radius 1 is 1.00 bits per heavy atom. The summed E-state index contributed by atoms with van der Waals surface area (Å²) in [6.07, 6.45) is 5.36. The number of nitrogens with one attached hydrogen (secondary N) is 2. The number of carbonyl (C=O) groups excluding carboxylic acids is 2. The van der Waals surface area contributed by atoms with Crippen LogP contribution >= 0.6 is 11.3 Å². The lowest BCUT2D eigenvalue weighted by Crippen LogP contribution is -2.38. The lowest BCUT2D eigenvalue weighted by atomic mass is 10.1. The maximum atomic E-state index is 13.7. The second kappa shape index (κ2) is 21.3. The van der Waals surface area contributed by atoms with E-state index >= 15 is 0 Å². The Morgan fingerprint density at radius 3 is 2.20 bits per heavy atom. The molecule has 268 valence electrons. The minimum Gasteiger partial charge on any atom is -0.453 e. The molecule has 0 saturated carbocycles. The first kappa shape index (κ1) is 41.4. The largest absolute Gasteiger partial charge is 0.453 e. The molecule has 2 unspecified atom stereocenters. The van der Waals surface area contributed by atoms with E-state index in [0.717, 1.165) is 11.3 Å². The van der Waals surface area contributed by atoms with Crippen molar-refractivity contribution in [3.05, 3.63) is 112 Å². The van der Waals surface area contributed by atoms with Crippen LogP contribution in [0.4, 0.5) is 4.79 Å². The molecule has 0 bridgehead atoms. The molecule has 2 amide bonds. The fourth-order valence-corrected chi connectivity index (χ4v) is 7.74. The Bertz CT molecular complexity index is 1590. The predicted octanol–water partition coefficient (Wildman–Crippen LogP) is 6.30. The zero-order valence-electron chi connectivity index (χ0n) is 29.1. The molecule has 0 aliphatic heterocycles. The number of methoxy groups -OCH3 is 1. The number of rotatable bonds is 17. The van der Waals surface area contributed by atoms with Gasteiger partial charge in [-0.05, 0) is 67.5 Å². The molecule has 0 aliphatic rings.